The fraction of sp³-hybridized carbons (Fsp3) is 0.286. The first-order chi connectivity index (χ1) is 7.10. The molecule has 0 aliphatic carbocycles. The molecule has 0 amide bonds. The number of allylic oxidation sites excluding steroid dienone is 1. The summed E-state index contributed by atoms with van der Waals surface area (Å²) in [5.74, 6) is 3.10. The number of benzene rings is 1. The van der Waals surface area contributed by atoms with E-state index in [9.17, 15) is 0 Å². The third-order valence-electron chi connectivity index (χ3n) is 2.37. The van der Waals surface area contributed by atoms with Gasteiger partial charge in [0, 0.05) is 10.5 Å². The maximum atomic E-state index is 5.35. The largest absolute Gasteiger partial charge is 0.129 e. The Morgan fingerprint density at radius 1 is 1.47 bits per heavy atom. The Labute approximate surface area is 96.8 Å². The molecule has 0 spiro atoms. The zero-order valence-electron chi connectivity index (χ0n) is 9.50. The van der Waals surface area contributed by atoms with E-state index in [2.05, 4.69) is 44.7 Å². The minimum Gasteiger partial charge on any atom is -0.129 e. The van der Waals surface area contributed by atoms with Crippen LogP contribution in [0.4, 0.5) is 0 Å². The van der Waals surface area contributed by atoms with Gasteiger partial charge in [0.2, 0.25) is 0 Å². The highest BCUT2D eigenvalue weighted by Crippen LogP contribution is 2.29. The van der Waals surface area contributed by atoms with Crippen LogP contribution in [0.25, 0.3) is 5.57 Å². The molecule has 0 unspecified atom stereocenters. The highest BCUT2D eigenvalue weighted by atomic mass is 32.2. The molecule has 0 nitrogen and oxygen atoms in total. The summed E-state index contributed by atoms with van der Waals surface area (Å²) in [6.07, 6.45) is 7.44. The van der Waals surface area contributed by atoms with E-state index in [4.69, 9.17) is 6.42 Å². The van der Waals surface area contributed by atoms with Gasteiger partial charge in [0.05, 0.1) is 0 Å². The topological polar surface area (TPSA) is 0 Å². The van der Waals surface area contributed by atoms with Gasteiger partial charge in [0.1, 0.15) is 0 Å². The molecule has 0 heterocycles. The van der Waals surface area contributed by atoms with E-state index in [0.29, 0.717) is 5.92 Å². The SMILES string of the molecule is C#CC(=C)c1ccc(SC)c(C(C)C)c1. The lowest BCUT2D eigenvalue weighted by molar-refractivity contribution is 0.842. The number of rotatable bonds is 3. The summed E-state index contributed by atoms with van der Waals surface area (Å²) in [6.45, 7) is 8.24. The number of hydrogen-bond acceptors (Lipinski definition) is 1. The van der Waals surface area contributed by atoms with Crippen LogP contribution in [0.2, 0.25) is 0 Å². The van der Waals surface area contributed by atoms with E-state index in [-0.39, 0.29) is 0 Å². The summed E-state index contributed by atoms with van der Waals surface area (Å²) in [7, 11) is 0. The molecule has 0 aliphatic heterocycles. The van der Waals surface area contributed by atoms with Gasteiger partial charge in [0.25, 0.3) is 0 Å². The van der Waals surface area contributed by atoms with Crippen molar-refractivity contribution in [3.8, 4) is 12.3 Å². The van der Waals surface area contributed by atoms with E-state index in [1.165, 1.54) is 10.5 Å². The first kappa shape index (κ1) is 11.9. The van der Waals surface area contributed by atoms with Gasteiger partial charge in [-0.15, -0.1) is 18.2 Å². The molecular formula is C14H16S. The lowest BCUT2D eigenvalue weighted by Crippen LogP contribution is -1.93. The summed E-state index contributed by atoms with van der Waals surface area (Å²) in [6, 6.07) is 6.32. The molecule has 0 saturated heterocycles. The fourth-order valence-electron chi connectivity index (χ4n) is 1.46. The molecule has 0 atom stereocenters. The zero-order chi connectivity index (χ0) is 11.4. The minimum absolute atomic E-state index is 0.512. The lowest BCUT2D eigenvalue weighted by Gasteiger charge is -2.12. The van der Waals surface area contributed by atoms with Gasteiger partial charge in [-0.05, 0) is 35.4 Å². The summed E-state index contributed by atoms with van der Waals surface area (Å²) in [4.78, 5) is 1.32. The summed E-state index contributed by atoms with van der Waals surface area (Å²) in [5, 5.41) is 0. The predicted octanol–water partition coefficient (Wildman–Crippen LogP) is 4.18. The van der Waals surface area contributed by atoms with E-state index in [1.54, 1.807) is 11.8 Å². The molecule has 0 aliphatic rings. The smallest absolute Gasteiger partial charge is 0.0243 e. The number of thioether (sulfide) groups is 1. The van der Waals surface area contributed by atoms with Crippen molar-refractivity contribution in [1.82, 2.24) is 0 Å². The lowest BCUT2D eigenvalue weighted by atomic mass is 9.98. The van der Waals surface area contributed by atoms with Gasteiger partial charge in [0.15, 0.2) is 0 Å². The van der Waals surface area contributed by atoms with Crippen LogP contribution < -0.4 is 0 Å². The van der Waals surface area contributed by atoms with Gasteiger partial charge < -0.3 is 0 Å². The Morgan fingerprint density at radius 3 is 2.60 bits per heavy atom. The Kier molecular flexibility index (Phi) is 4.05. The second-order valence-corrected chi connectivity index (χ2v) is 4.58. The Hall–Kier alpha value is -1.13. The average Bonchev–Trinajstić information content (AvgIpc) is 2.27. The molecule has 1 aromatic carbocycles. The molecule has 0 fully saturated rings. The summed E-state index contributed by atoms with van der Waals surface area (Å²) in [5.41, 5.74) is 3.15. The van der Waals surface area contributed by atoms with Crippen molar-refractivity contribution < 1.29 is 0 Å². The van der Waals surface area contributed by atoms with Crippen LogP contribution in [0.1, 0.15) is 30.9 Å². The van der Waals surface area contributed by atoms with Crippen LogP contribution in [0, 0.1) is 12.3 Å². The monoisotopic (exact) mass is 216 g/mol. The second kappa shape index (κ2) is 5.09. The zero-order valence-corrected chi connectivity index (χ0v) is 10.3. The van der Waals surface area contributed by atoms with Gasteiger partial charge in [-0.1, -0.05) is 32.4 Å². The summed E-state index contributed by atoms with van der Waals surface area (Å²) >= 11 is 1.77. The normalized spacial score (nSPS) is 10.1. The molecule has 78 valence electrons. The van der Waals surface area contributed by atoms with Crippen molar-refractivity contribution >= 4 is 17.3 Å². The van der Waals surface area contributed by atoms with E-state index in [0.717, 1.165) is 11.1 Å². The first-order valence-electron chi connectivity index (χ1n) is 4.94. The summed E-state index contributed by atoms with van der Waals surface area (Å²) < 4.78 is 0. The van der Waals surface area contributed by atoms with Crippen LogP contribution in [-0.2, 0) is 0 Å². The Morgan fingerprint density at radius 2 is 2.13 bits per heavy atom. The highest BCUT2D eigenvalue weighted by Gasteiger charge is 2.07. The van der Waals surface area contributed by atoms with Crippen LogP contribution in [0.3, 0.4) is 0 Å². The number of hydrogen-bond donors (Lipinski definition) is 0. The van der Waals surface area contributed by atoms with Crippen LogP contribution in [0.5, 0.6) is 0 Å². The van der Waals surface area contributed by atoms with Gasteiger partial charge >= 0.3 is 0 Å². The quantitative estimate of drug-likeness (QED) is 0.539. The van der Waals surface area contributed by atoms with Gasteiger partial charge in [-0.2, -0.15) is 0 Å². The third kappa shape index (κ3) is 2.67. The molecular weight excluding hydrogens is 200 g/mol. The molecule has 0 N–H and O–H groups in total. The van der Waals surface area contributed by atoms with Crippen molar-refractivity contribution in [1.29, 1.82) is 0 Å². The standard InChI is InChI=1S/C14H16S/c1-6-11(4)12-7-8-14(15-5)13(9-12)10(2)3/h1,7-10H,4H2,2-3,5H3. The molecule has 1 heteroatoms. The van der Waals surface area contributed by atoms with Crippen molar-refractivity contribution in [2.45, 2.75) is 24.7 Å². The number of terminal acetylenes is 1. The van der Waals surface area contributed by atoms with Crippen molar-refractivity contribution in [3.05, 3.63) is 35.9 Å². The highest BCUT2D eigenvalue weighted by molar-refractivity contribution is 7.98. The third-order valence-corrected chi connectivity index (χ3v) is 3.19. The van der Waals surface area contributed by atoms with Gasteiger partial charge in [-0.3, -0.25) is 0 Å². The maximum absolute atomic E-state index is 5.35. The van der Waals surface area contributed by atoms with Crippen LogP contribution >= 0.6 is 11.8 Å². The predicted molar refractivity (Wildman–Crippen MR) is 70.2 cm³/mol. The molecule has 0 saturated carbocycles. The molecule has 1 aromatic rings. The van der Waals surface area contributed by atoms with Crippen molar-refractivity contribution in [2.24, 2.45) is 0 Å². The molecule has 0 bridgehead atoms. The molecule has 0 radical (unpaired) electrons. The maximum Gasteiger partial charge on any atom is 0.0243 e. The fourth-order valence-corrected chi connectivity index (χ4v) is 2.19. The van der Waals surface area contributed by atoms with Crippen molar-refractivity contribution in [3.63, 3.8) is 0 Å². The molecule has 1 rings (SSSR count). The van der Waals surface area contributed by atoms with Crippen LogP contribution in [-0.4, -0.2) is 6.26 Å². The van der Waals surface area contributed by atoms with Crippen molar-refractivity contribution in [2.75, 3.05) is 6.26 Å². The first-order valence-corrected chi connectivity index (χ1v) is 6.16. The van der Waals surface area contributed by atoms with E-state index in [1.807, 2.05) is 6.07 Å². The molecule has 15 heavy (non-hydrogen) atoms. The van der Waals surface area contributed by atoms with E-state index >= 15 is 0 Å². The average molecular weight is 216 g/mol. The molecule has 0 aromatic heterocycles. The van der Waals surface area contributed by atoms with Crippen LogP contribution in [0.15, 0.2) is 29.7 Å². The van der Waals surface area contributed by atoms with E-state index < -0.39 is 0 Å². The Balaban J connectivity index is 3.23. The second-order valence-electron chi connectivity index (χ2n) is 3.73. The van der Waals surface area contributed by atoms with Gasteiger partial charge in [-0.25, -0.2) is 0 Å². The minimum atomic E-state index is 0.512. The Bertz CT molecular complexity index is 408.